The van der Waals surface area contributed by atoms with Crippen molar-refractivity contribution in [1.82, 2.24) is 25.6 Å². The first-order valence-electron chi connectivity index (χ1n) is 6.17. The number of carbonyl (C=O) groups excluding carboxylic acids is 1. The molecule has 0 unspecified atom stereocenters. The van der Waals surface area contributed by atoms with Crippen molar-refractivity contribution in [2.75, 3.05) is 13.6 Å². The normalized spacial score (nSPS) is 10.4. The molecule has 1 heterocycles. The van der Waals surface area contributed by atoms with Gasteiger partial charge in [-0.15, -0.1) is 0 Å². The number of carbonyl (C=O) groups is 1. The van der Waals surface area contributed by atoms with Crippen molar-refractivity contribution in [3.8, 4) is 5.69 Å². The molecule has 0 aliphatic rings. The van der Waals surface area contributed by atoms with E-state index in [0.717, 1.165) is 11.4 Å². The third-order valence-corrected chi connectivity index (χ3v) is 2.64. The second-order valence-corrected chi connectivity index (χ2v) is 4.06. The van der Waals surface area contributed by atoms with E-state index in [2.05, 4.69) is 20.8 Å². The predicted octanol–water partition coefficient (Wildman–Crippen LogP) is 0.493. The van der Waals surface area contributed by atoms with Crippen molar-refractivity contribution in [3.63, 3.8) is 0 Å². The Morgan fingerprint density at radius 1 is 1.32 bits per heavy atom. The Kier molecular flexibility index (Phi) is 4.63. The van der Waals surface area contributed by atoms with Crippen LogP contribution in [-0.2, 0) is 11.3 Å². The zero-order valence-electron chi connectivity index (χ0n) is 10.8. The Morgan fingerprint density at radius 2 is 2.11 bits per heavy atom. The van der Waals surface area contributed by atoms with Crippen molar-refractivity contribution in [2.45, 2.75) is 13.0 Å². The minimum atomic E-state index is 0.0282. The Bertz CT molecular complexity index is 523. The molecular formula is C13H17N5O. The molecule has 1 amide bonds. The van der Waals surface area contributed by atoms with Gasteiger partial charge in [0.15, 0.2) is 0 Å². The average Bonchev–Trinajstić information content (AvgIpc) is 2.93. The minimum Gasteiger partial charge on any atom is -0.359 e. The van der Waals surface area contributed by atoms with E-state index >= 15 is 0 Å². The van der Waals surface area contributed by atoms with Gasteiger partial charge in [-0.2, -0.15) is 15.0 Å². The van der Waals surface area contributed by atoms with Crippen LogP contribution in [0.5, 0.6) is 0 Å². The van der Waals surface area contributed by atoms with E-state index in [1.165, 1.54) is 0 Å². The number of benzene rings is 1. The summed E-state index contributed by atoms with van der Waals surface area (Å²) in [5.41, 5.74) is 1.78. The minimum absolute atomic E-state index is 0.0282. The van der Waals surface area contributed by atoms with Gasteiger partial charge in [-0.1, -0.05) is 18.2 Å². The quantitative estimate of drug-likeness (QED) is 0.741. The van der Waals surface area contributed by atoms with E-state index in [-0.39, 0.29) is 5.91 Å². The molecule has 0 aliphatic heterocycles. The van der Waals surface area contributed by atoms with Gasteiger partial charge in [0, 0.05) is 26.6 Å². The number of aromatic nitrogens is 3. The van der Waals surface area contributed by atoms with Crippen LogP contribution in [0.1, 0.15) is 12.1 Å². The second kappa shape index (κ2) is 6.65. The lowest BCUT2D eigenvalue weighted by molar-refractivity contribution is -0.120. The van der Waals surface area contributed by atoms with Crippen LogP contribution in [0.4, 0.5) is 0 Å². The zero-order valence-corrected chi connectivity index (χ0v) is 10.8. The van der Waals surface area contributed by atoms with Crippen LogP contribution < -0.4 is 10.6 Å². The van der Waals surface area contributed by atoms with E-state index in [4.69, 9.17) is 0 Å². The summed E-state index contributed by atoms with van der Waals surface area (Å²) in [4.78, 5) is 12.6. The third-order valence-electron chi connectivity index (χ3n) is 2.64. The molecule has 0 saturated carbocycles. The maximum atomic E-state index is 11.0. The van der Waals surface area contributed by atoms with E-state index in [0.29, 0.717) is 19.5 Å². The third kappa shape index (κ3) is 3.89. The topological polar surface area (TPSA) is 71.8 Å². The molecule has 1 aromatic heterocycles. The van der Waals surface area contributed by atoms with E-state index < -0.39 is 0 Å². The second-order valence-electron chi connectivity index (χ2n) is 4.06. The summed E-state index contributed by atoms with van der Waals surface area (Å²) in [6.45, 7) is 1.22. The maximum Gasteiger partial charge on any atom is 0.221 e. The van der Waals surface area contributed by atoms with Crippen LogP contribution >= 0.6 is 0 Å². The SMILES string of the molecule is CNC(=O)CCNCc1cnn(-c2ccccc2)n1. The average molecular weight is 259 g/mol. The highest BCUT2D eigenvalue weighted by molar-refractivity contribution is 5.75. The van der Waals surface area contributed by atoms with Gasteiger partial charge in [0.25, 0.3) is 0 Å². The van der Waals surface area contributed by atoms with Crippen molar-refractivity contribution in [2.24, 2.45) is 0 Å². The monoisotopic (exact) mass is 259 g/mol. The first kappa shape index (κ1) is 13.2. The number of hydrogen-bond donors (Lipinski definition) is 2. The molecule has 2 aromatic rings. The van der Waals surface area contributed by atoms with Gasteiger partial charge >= 0.3 is 0 Å². The summed E-state index contributed by atoms with van der Waals surface area (Å²) in [7, 11) is 1.63. The summed E-state index contributed by atoms with van der Waals surface area (Å²) in [6, 6.07) is 9.74. The molecule has 0 radical (unpaired) electrons. The molecular weight excluding hydrogens is 242 g/mol. The highest BCUT2D eigenvalue weighted by atomic mass is 16.1. The molecule has 0 saturated heterocycles. The van der Waals surface area contributed by atoms with E-state index in [9.17, 15) is 4.79 Å². The molecule has 0 atom stereocenters. The fourth-order valence-corrected chi connectivity index (χ4v) is 1.60. The molecule has 19 heavy (non-hydrogen) atoms. The molecule has 0 fully saturated rings. The molecule has 0 spiro atoms. The molecule has 6 nitrogen and oxygen atoms in total. The molecule has 100 valence electrons. The summed E-state index contributed by atoms with van der Waals surface area (Å²) < 4.78 is 0. The first-order chi connectivity index (χ1) is 9.29. The Balaban J connectivity index is 1.83. The fourth-order valence-electron chi connectivity index (χ4n) is 1.60. The molecule has 6 heteroatoms. The number of nitrogens with one attached hydrogen (secondary N) is 2. The standard InChI is InChI=1S/C13H17N5O/c1-14-13(19)7-8-15-9-11-10-16-18(17-11)12-5-3-2-4-6-12/h2-6,10,15H,7-9H2,1H3,(H,14,19). The summed E-state index contributed by atoms with van der Waals surface area (Å²) in [5.74, 6) is 0.0282. The molecule has 2 N–H and O–H groups in total. The fraction of sp³-hybridized carbons (Fsp3) is 0.308. The van der Waals surface area contributed by atoms with Gasteiger partial charge < -0.3 is 10.6 Å². The van der Waals surface area contributed by atoms with Crippen molar-refractivity contribution in [1.29, 1.82) is 0 Å². The number of hydrogen-bond acceptors (Lipinski definition) is 4. The molecule has 1 aromatic carbocycles. The number of rotatable bonds is 6. The largest absolute Gasteiger partial charge is 0.359 e. The highest BCUT2D eigenvalue weighted by Crippen LogP contribution is 2.03. The van der Waals surface area contributed by atoms with E-state index in [1.54, 1.807) is 18.0 Å². The number of amides is 1. The van der Waals surface area contributed by atoms with Crippen LogP contribution in [0, 0.1) is 0 Å². The smallest absolute Gasteiger partial charge is 0.221 e. The summed E-state index contributed by atoms with van der Waals surface area (Å²) in [6.07, 6.45) is 2.18. The van der Waals surface area contributed by atoms with Crippen molar-refractivity contribution in [3.05, 3.63) is 42.2 Å². The van der Waals surface area contributed by atoms with Gasteiger partial charge in [-0.25, -0.2) is 0 Å². The summed E-state index contributed by atoms with van der Waals surface area (Å²) in [5, 5.41) is 14.3. The lowest BCUT2D eigenvalue weighted by Gasteiger charge is -2.01. The lowest BCUT2D eigenvalue weighted by atomic mass is 10.3. The Morgan fingerprint density at radius 3 is 2.84 bits per heavy atom. The van der Waals surface area contributed by atoms with Crippen molar-refractivity contribution >= 4 is 5.91 Å². The van der Waals surface area contributed by atoms with Crippen LogP contribution in [0.25, 0.3) is 5.69 Å². The lowest BCUT2D eigenvalue weighted by Crippen LogP contribution is -2.24. The predicted molar refractivity (Wildman–Crippen MR) is 71.7 cm³/mol. The maximum absolute atomic E-state index is 11.0. The van der Waals surface area contributed by atoms with Gasteiger partial charge in [0.05, 0.1) is 17.6 Å². The van der Waals surface area contributed by atoms with Crippen LogP contribution in [0.3, 0.4) is 0 Å². The van der Waals surface area contributed by atoms with Gasteiger partial charge in [0.1, 0.15) is 0 Å². The Labute approximate surface area is 111 Å². The number of nitrogens with zero attached hydrogens (tertiary/aromatic N) is 3. The zero-order chi connectivity index (χ0) is 13.5. The van der Waals surface area contributed by atoms with Crippen LogP contribution in [-0.4, -0.2) is 34.5 Å². The Hall–Kier alpha value is -2.21. The van der Waals surface area contributed by atoms with E-state index in [1.807, 2.05) is 30.3 Å². The molecule has 0 bridgehead atoms. The summed E-state index contributed by atoms with van der Waals surface area (Å²) >= 11 is 0. The van der Waals surface area contributed by atoms with Crippen molar-refractivity contribution < 1.29 is 4.79 Å². The van der Waals surface area contributed by atoms with Crippen LogP contribution in [0.2, 0.25) is 0 Å². The molecule has 2 rings (SSSR count). The molecule has 0 aliphatic carbocycles. The number of para-hydroxylation sites is 1. The van der Waals surface area contributed by atoms with Gasteiger partial charge in [-0.3, -0.25) is 4.79 Å². The van der Waals surface area contributed by atoms with Gasteiger partial charge in [-0.05, 0) is 12.1 Å². The van der Waals surface area contributed by atoms with Gasteiger partial charge in [0.2, 0.25) is 5.91 Å². The van der Waals surface area contributed by atoms with Crippen LogP contribution in [0.15, 0.2) is 36.5 Å². The first-order valence-corrected chi connectivity index (χ1v) is 6.17. The highest BCUT2D eigenvalue weighted by Gasteiger charge is 2.02.